The van der Waals surface area contributed by atoms with Crippen molar-refractivity contribution in [3.8, 4) is 11.1 Å². The zero-order valence-corrected chi connectivity index (χ0v) is 23.3. The molecule has 0 saturated carbocycles. The summed E-state index contributed by atoms with van der Waals surface area (Å²) in [5.74, 6) is -0.986. The Morgan fingerprint density at radius 1 is 0.897 bits per heavy atom. The summed E-state index contributed by atoms with van der Waals surface area (Å²) in [5, 5.41) is 5.38. The van der Waals surface area contributed by atoms with Crippen LogP contribution >= 0.6 is 0 Å². The van der Waals surface area contributed by atoms with Crippen LogP contribution in [-0.4, -0.2) is 69.2 Å². The van der Waals surface area contributed by atoms with E-state index in [-0.39, 0.29) is 31.9 Å². The van der Waals surface area contributed by atoms with Crippen molar-refractivity contribution in [2.75, 3.05) is 39.6 Å². The molecule has 9 nitrogen and oxygen atoms in total. The van der Waals surface area contributed by atoms with E-state index in [1.54, 1.807) is 20.8 Å². The molecule has 2 amide bonds. The van der Waals surface area contributed by atoms with E-state index in [0.717, 1.165) is 22.3 Å². The van der Waals surface area contributed by atoms with Crippen molar-refractivity contribution in [3.63, 3.8) is 0 Å². The number of amides is 2. The van der Waals surface area contributed by atoms with E-state index in [1.807, 2.05) is 43.3 Å². The van der Waals surface area contributed by atoms with Crippen molar-refractivity contribution in [1.29, 1.82) is 0 Å². The average Bonchev–Trinajstić information content (AvgIpc) is 3.22. The molecular formula is C30H40N2O7. The molecule has 39 heavy (non-hydrogen) atoms. The highest BCUT2D eigenvalue weighted by molar-refractivity contribution is 5.86. The molecular weight excluding hydrogens is 500 g/mol. The molecule has 0 unspecified atom stereocenters. The van der Waals surface area contributed by atoms with E-state index in [4.69, 9.17) is 18.9 Å². The van der Waals surface area contributed by atoms with Gasteiger partial charge in [0.15, 0.2) is 0 Å². The predicted molar refractivity (Wildman–Crippen MR) is 147 cm³/mol. The number of ether oxygens (including phenoxy) is 4. The third-order valence-electron chi connectivity index (χ3n) is 6.13. The number of hydrogen-bond donors (Lipinski definition) is 2. The van der Waals surface area contributed by atoms with E-state index in [0.29, 0.717) is 26.4 Å². The molecule has 0 bridgehead atoms. The molecule has 0 radical (unpaired) electrons. The smallest absolute Gasteiger partial charge is 0.407 e. The normalized spacial score (nSPS) is 13.2. The van der Waals surface area contributed by atoms with Crippen LogP contribution < -0.4 is 10.6 Å². The number of esters is 1. The third-order valence-corrected chi connectivity index (χ3v) is 6.13. The van der Waals surface area contributed by atoms with Gasteiger partial charge in [0, 0.05) is 25.5 Å². The molecule has 2 aromatic rings. The van der Waals surface area contributed by atoms with Crippen LogP contribution in [0.4, 0.5) is 4.79 Å². The van der Waals surface area contributed by atoms with Gasteiger partial charge in [-0.05, 0) is 56.4 Å². The van der Waals surface area contributed by atoms with Crippen LogP contribution in [0.25, 0.3) is 11.1 Å². The van der Waals surface area contributed by atoms with Crippen LogP contribution in [0.3, 0.4) is 0 Å². The molecule has 1 aliphatic rings. The first kappa shape index (κ1) is 30.1. The summed E-state index contributed by atoms with van der Waals surface area (Å²) in [6.07, 6.45) is -0.700. The number of nitrogens with one attached hydrogen (secondary N) is 2. The Bertz CT molecular complexity index is 1070. The van der Waals surface area contributed by atoms with Crippen molar-refractivity contribution in [2.45, 2.75) is 58.1 Å². The topological polar surface area (TPSA) is 112 Å². The van der Waals surface area contributed by atoms with Gasteiger partial charge in [0.05, 0.1) is 19.8 Å². The van der Waals surface area contributed by atoms with Crippen molar-refractivity contribution in [2.24, 2.45) is 0 Å². The van der Waals surface area contributed by atoms with Crippen molar-refractivity contribution in [3.05, 3.63) is 59.7 Å². The molecule has 9 heteroatoms. The summed E-state index contributed by atoms with van der Waals surface area (Å²) in [7, 11) is 0. The Morgan fingerprint density at radius 2 is 1.51 bits per heavy atom. The Labute approximate surface area is 230 Å². The number of carbonyl (C=O) groups is 3. The highest BCUT2D eigenvalue weighted by Crippen LogP contribution is 2.44. The summed E-state index contributed by atoms with van der Waals surface area (Å²) in [4.78, 5) is 38.0. The molecule has 1 atom stereocenters. The molecule has 1 aliphatic carbocycles. The van der Waals surface area contributed by atoms with Gasteiger partial charge >= 0.3 is 12.1 Å². The fraction of sp³-hybridized carbons (Fsp3) is 0.500. The first-order chi connectivity index (χ1) is 18.7. The molecule has 2 N–H and O–H groups in total. The number of fused-ring (bicyclic) bond motifs is 3. The monoisotopic (exact) mass is 540 g/mol. The SMILES string of the molecule is CCOCCOCCNC(=O)[C@H](CCC(=O)OC(C)(C)C)NC(=O)OCC1c2ccccc2-c2ccccc21. The fourth-order valence-corrected chi connectivity index (χ4v) is 4.44. The molecule has 0 heterocycles. The quantitative estimate of drug-likeness (QED) is 0.273. The lowest BCUT2D eigenvalue weighted by Crippen LogP contribution is -2.48. The standard InChI is InChI=1S/C30H40N2O7/c1-5-36-18-19-37-17-16-31-28(34)26(14-15-27(33)39-30(2,3)4)32-29(35)38-20-25-23-12-8-6-10-21(23)22-11-7-9-13-24(22)25/h6-13,25-26H,5,14-20H2,1-4H3,(H,31,34)(H,32,35)/t26-/m0/s1. The minimum atomic E-state index is -0.975. The van der Waals surface area contributed by atoms with Crippen molar-refractivity contribution in [1.82, 2.24) is 10.6 Å². The first-order valence-corrected chi connectivity index (χ1v) is 13.5. The van der Waals surface area contributed by atoms with E-state index >= 15 is 0 Å². The average molecular weight is 541 g/mol. The zero-order valence-electron chi connectivity index (χ0n) is 23.3. The van der Waals surface area contributed by atoms with Gasteiger partial charge in [0.2, 0.25) is 5.91 Å². The van der Waals surface area contributed by atoms with Gasteiger partial charge in [-0.2, -0.15) is 0 Å². The molecule has 0 aromatic heterocycles. The Morgan fingerprint density at radius 3 is 2.13 bits per heavy atom. The maximum absolute atomic E-state index is 12.9. The lowest BCUT2D eigenvalue weighted by molar-refractivity contribution is -0.155. The number of alkyl carbamates (subject to hydrolysis) is 1. The highest BCUT2D eigenvalue weighted by atomic mass is 16.6. The molecule has 0 aliphatic heterocycles. The van der Waals surface area contributed by atoms with E-state index in [2.05, 4.69) is 22.8 Å². The third kappa shape index (κ3) is 9.37. The van der Waals surface area contributed by atoms with E-state index in [1.165, 1.54) is 0 Å². The summed E-state index contributed by atoms with van der Waals surface area (Å²) >= 11 is 0. The van der Waals surface area contributed by atoms with Crippen molar-refractivity contribution < 1.29 is 33.3 Å². The van der Waals surface area contributed by atoms with E-state index in [9.17, 15) is 14.4 Å². The number of benzene rings is 2. The molecule has 3 rings (SSSR count). The minimum absolute atomic E-state index is 0.0378. The molecule has 212 valence electrons. The van der Waals surface area contributed by atoms with Crippen LogP contribution in [0, 0.1) is 0 Å². The van der Waals surface area contributed by atoms with Gasteiger partial charge in [0.25, 0.3) is 0 Å². The highest BCUT2D eigenvalue weighted by Gasteiger charge is 2.30. The minimum Gasteiger partial charge on any atom is -0.460 e. The fourth-order valence-electron chi connectivity index (χ4n) is 4.44. The lowest BCUT2D eigenvalue weighted by Gasteiger charge is -2.22. The zero-order chi connectivity index (χ0) is 28.3. The van der Waals surface area contributed by atoms with Crippen LogP contribution in [0.15, 0.2) is 48.5 Å². The maximum atomic E-state index is 12.9. The Balaban J connectivity index is 1.57. The lowest BCUT2D eigenvalue weighted by atomic mass is 9.98. The van der Waals surface area contributed by atoms with Gasteiger partial charge in [-0.15, -0.1) is 0 Å². The van der Waals surface area contributed by atoms with Crippen molar-refractivity contribution >= 4 is 18.0 Å². The first-order valence-electron chi connectivity index (χ1n) is 13.5. The van der Waals surface area contributed by atoms with Gasteiger partial charge in [-0.1, -0.05) is 48.5 Å². The summed E-state index contributed by atoms with van der Waals surface area (Å²) in [6.45, 7) is 9.40. The van der Waals surface area contributed by atoms with E-state index < -0.39 is 29.6 Å². The summed E-state index contributed by atoms with van der Waals surface area (Å²) < 4.78 is 21.6. The Kier molecular flexibility index (Phi) is 11.3. The van der Waals surface area contributed by atoms with Gasteiger partial charge < -0.3 is 29.6 Å². The molecule has 0 spiro atoms. The van der Waals surface area contributed by atoms with Crippen LogP contribution in [0.1, 0.15) is 57.6 Å². The second-order valence-corrected chi connectivity index (χ2v) is 10.2. The van der Waals surface area contributed by atoms with Crippen LogP contribution in [0.5, 0.6) is 0 Å². The second kappa shape index (κ2) is 14.6. The Hall–Kier alpha value is -3.43. The van der Waals surface area contributed by atoms with Gasteiger partial charge in [-0.25, -0.2) is 4.79 Å². The number of rotatable bonds is 14. The number of carbonyl (C=O) groups excluding carboxylic acids is 3. The van der Waals surface area contributed by atoms with Gasteiger partial charge in [0.1, 0.15) is 18.2 Å². The van der Waals surface area contributed by atoms with Crippen LogP contribution in [0.2, 0.25) is 0 Å². The molecule has 0 fully saturated rings. The molecule has 2 aromatic carbocycles. The second-order valence-electron chi connectivity index (χ2n) is 10.2. The summed E-state index contributed by atoms with van der Waals surface area (Å²) in [5.41, 5.74) is 3.79. The largest absolute Gasteiger partial charge is 0.460 e. The maximum Gasteiger partial charge on any atom is 0.407 e. The number of hydrogen-bond acceptors (Lipinski definition) is 7. The van der Waals surface area contributed by atoms with Crippen LogP contribution in [-0.2, 0) is 28.5 Å². The summed E-state index contributed by atoms with van der Waals surface area (Å²) in [6, 6.07) is 15.1. The molecule has 0 saturated heterocycles. The van der Waals surface area contributed by atoms with Gasteiger partial charge in [-0.3, -0.25) is 9.59 Å². The predicted octanol–water partition coefficient (Wildman–Crippen LogP) is 4.18.